The summed E-state index contributed by atoms with van der Waals surface area (Å²) in [6.07, 6.45) is 7.28. The van der Waals surface area contributed by atoms with Gasteiger partial charge in [-0.2, -0.15) is 0 Å². The summed E-state index contributed by atoms with van der Waals surface area (Å²) >= 11 is 0. The second-order valence-corrected chi connectivity index (χ2v) is 12.3. The molecule has 4 fully saturated rings. The molecule has 10 atom stereocenters. The monoisotopic (exact) mass is 474 g/mol. The smallest absolute Gasteiger partial charge is 0.307 e. The first-order valence-electron chi connectivity index (χ1n) is 13.6. The Kier molecular flexibility index (Phi) is 6.71. The van der Waals surface area contributed by atoms with Crippen molar-refractivity contribution in [3.63, 3.8) is 0 Å². The molecule has 0 aromatic heterocycles. The number of ketones is 1. The van der Waals surface area contributed by atoms with Crippen LogP contribution in [0.2, 0.25) is 0 Å². The number of aliphatic hydroxyl groups is 1. The summed E-state index contributed by atoms with van der Waals surface area (Å²) < 4.78 is 12.3. The number of aliphatic hydroxyl groups excluding tert-OH is 1. The number of carbonyl (C=O) groups excluding carboxylic acids is 1. The SMILES string of the molecule is CCCO[C@@H]1C2COC[C@]3(C[C@H]1O)C1=CC(=O)C4C(CCC(CC(C)C)C4C(=O)O)C1CCC23. The molecular weight excluding hydrogens is 432 g/mol. The van der Waals surface area contributed by atoms with Crippen LogP contribution in [0.5, 0.6) is 0 Å². The second kappa shape index (κ2) is 9.33. The third-order valence-corrected chi connectivity index (χ3v) is 9.98. The molecular formula is C28H42O6. The summed E-state index contributed by atoms with van der Waals surface area (Å²) in [4.78, 5) is 26.1. The molecule has 1 aliphatic heterocycles. The number of carboxylic acid groups (broad SMARTS) is 1. The van der Waals surface area contributed by atoms with Crippen LogP contribution in [-0.2, 0) is 19.1 Å². The van der Waals surface area contributed by atoms with Crippen molar-refractivity contribution in [2.75, 3.05) is 19.8 Å². The topological polar surface area (TPSA) is 93.1 Å². The lowest BCUT2D eigenvalue weighted by molar-refractivity contribution is -0.215. The molecule has 0 amide bonds. The fraction of sp³-hybridized carbons (Fsp3) is 0.857. The molecule has 1 heterocycles. The van der Waals surface area contributed by atoms with E-state index in [4.69, 9.17) is 9.47 Å². The van der Waals surface area contributed by atoms with E-state index in [-0.39, 0.29) is 41.0 Å². The Balaban J connectivity index is 1.49. The average Bonchev–Trinajstić information content (AvgIpc) is 2.78. The highest BCUT2D eigenvalue weighted by Gasteiger charge is 2.63. The number of carbonyl (C=O) groups is 2. The van der Waals surface area contributed by atoms with E-state index < -0.39 is 23.9 Å². The van der Waals surface area contributed by atoms with Gasteiger partial charge in [0.1, 0.15) is 0 Å². The minimum Gasteiger partial charge on any atom is -0.481 e. The number of aliphatic carboxylic acids is 1. The highest BCUT2D eigenvalue weighted by atomic mass is 16.5. The molecule has 5 aliphatic rings. The fourth-order valence-electron chi connectivity index (χ4n) is 8.93. The molecule has 0 aromatic carbocycles. The fourth-order valence-corrected chi connectivity index (χ4v) is 8.93. The van der Waals surface area contributed by atoms with Crippen LogP contribution in [0.1, 0.15) is 65.7 Å². The van der Waals surface area contributed by atoms with Gasteiger partial charge in [0.2, 0.25) is 0 Å². The maximum atomic E-state index is 13.7. The van der Waals surface area contributed by atoms with Crippen molar-refractivity contribution in [1.29, 1.82) is 0 Å². The first-order chi connectivity index (χ1) is 16.3. The Bertz CT molecular complexity index is 835. The van der Waals surface area contributed by atoms with Gasteiger partial charge < -0.3 is 19.7 Å². The summed E-state index contributed by atoms with van der Waals surface area (Å²) in [5, 5.41) is 21.4. The van der Waals surface area contributed by atoms with Gasteiger partial charge in [0.25, 0.3) is 0 Å². The van der Waals surface area contributed by atoms with Gasteiger partial charge in [0.05, 0.1) is 31.3 Å². The predicted molar refractivity (Wildman–Crippen MR) is 127 cm³/mol. The van der Waals surface area contributed by atoms with E-state index in [0.29, 0.717) is 38.1 Å². The summed E-state index contributed by atoms with van der Waals surface area (Å²) in [6, 6.07) is 0. The van der Waals surface area contributed by atoms with Gasteiger partial charge >= 0.3 is 5.97 Å². The third kappa shape index (κ3) is 3.79. The molecule has 0 radical (unpaired) electrons. The molecule has 5 rings (SSSR count). The first-order valence-corrected chi connectivity index (χ1v) is 13.6. The van der Waals surface area contributed by atoms with Crippen molar-refractivity contribution in [3.05, 3.63) is 11.6 Å². The number of allylic oxidation sites excluding steroid dienone is 1. The Morgan fingerprint density at radius 1 is 1.24 bits per heavy atom. The van der Waals surface area contributed by atoms with E-state index in [2.05, 4.69) is 20.8 Å². The minimum absolute atomic E-state index is 0.00750. The van der Waals surface area contributed by atoms with E-state index in [1.54, 1.807) is 0 Å². The Morgan fingerprint density at radius 3 is 2.74 bits per heavy atom. The molecule has 0 aromatic rings. The molecule has 6 heteroatoms. The molecule has 1 saturated heterocycles. The maximum Gasteiger partial charge on any atom is 0.307 e. The standard InChI is InChI=1S/C28H42O6/c1-4-9-34-26-19-13-33-14-28(12-23(26)30)20(19)8-7-17-18-6-5-16(10-15(2)3)24(27(31)32)25(18)22(29)11-21(17)28/h11,15-20,23-26,30H,4-10,12-14H2,1-3H3,(H,31,32)/t16?,17?,18?,19?,20?,23-,24?,25?,26-,28+/m1/s1. The van der Waals surface area contributed by atoms with Gasteiger partial charge in [-0.05, 0) is 80.6 Å². The zero-order valence-electron chi connectivity index (χ0n) is 20.9. The normalized spacial score (nSPS) is 45.7. The predicted octanol–water partition coefficient (Wildman–Crippen LogP) is 4.10. The van der Waals surface area contributed by atoms with Crippen molar-refractivity contribution >= 4 is 11.8 Å². The highest BCUT2D eigenvalue weighted by molar-refractivity contribution is 5.97. The van der Waals surface area contributed by atoms with Crippen LogP contribution in [0, 0.1) is 52.8 Å². The highest BCUT2D eigenvalue weighted by Crippen LogP contribution is 2.64. The van der Waals surface area contributed by atoms with E-state index in [9.17, 15) is 19.8 Å². The lowest BCUT2D eigenvalue weighted by Gasteiger charge is -2.62. The van der Waals surface area contributed by atoms with Crippen LogP contribution in [0.3, 0.4) is 0 Å². The van der Waals surface area contributed by atoms with Crippen LogP contribution in [-0.4, -0.2) is 54.0 Å². The summed E-state index contributed by atoms with van der Waals surface area (Å²) in [5.41, 5.74) is 0.852. The van der Waals surface area contributed by atoms with Crippen molar-refractivity contribution in [3.8, 4) is 0 Å². The Labute approximate surface area is 203 Å². The number of ether oxygens (including phenoxy) is 2. The molecule has 7 unspecified atom stereocenters. The Morgan fingerprint density at radius 2 is 2.03 bits per heavy atom. The quantitative estimate of drug-likeness (QED) is 0.602. The van der Waals surface area contributed by atoms with Crippen LogP contribution in [0.15, 0.2) is 11.6 Å². The minimum atomic E-state index is -0.803. The molecule has 4 aliphatic carbocycles. The van der Waals surface area contributed by atoms with Crippen molar-refractivity contribution in [1.82, 2.24) is 0 Å². The Hall–Kier alpha value is -1.24. The number of hydrogen-bond acceptors (Lipinski definition) is 5. The summed E-state index contributed by atoms with van der Waals surface area (Å²) in [7, 11) is 0. The lowest BCUT2D eigenvalue weighted by Crippen LogP contribution is -2.63. The van der Waals surface area contributed by atoms with E-state index in [1.165, 1.54) is 5.57 Å². The van der Waals surface area contributed by atoms with Crippen LogP contribution in [0.25, 0.3) is 0 Å². The van der Waals surface area contributed by atoms with Gasteiger partial charge in [-0.3, -0.25) is 9.59 Å². The van der Waals surface area contributed by atoms with E-state index >= 15 is 0 Å². The third-order valence-electron chi connectivity index (χ3n) is 9.98. The van der Waals surface area contributed by atoms with E-state index in [1.807, 2.05) is 6.08 Å². The average molecular weight is 475 g/mol. The lowest BCUT2D eigenvalue weighted by atomic mass is 9.45. The molecule has 2 bridgehead atoms. The van der Waals surface area contributed by atoms with Gasteiger partial charge in [0.15, 0.2) is 5.78 Å². The largest absolute Gasteiger partial charge is 0.481 e. The van der Waals surface area contributed by atoms with E-state index in [0.717, 1.165) is 38.5 Å². The van der Waals surface area contributed by atoms with Crippen molar-refractivity contribution in [2.45, 2.75) is 77.9 Å². The number of fused-ring (bicyclic) bond motifs is 3. The number of carboxylic acids is 1. The number of rotatable bonds is 6. The van der Waals surface area contributed by atoms with Crippen molar-refractivity contribution in [2.24, 2.45) is 52.8 Å². The van der Waals surface area contributed by atoms with Crippen LogP contribution >= 0.6 is 0 Å². The van der Waals surface area contributed by atoms with Crippen molar-refractivity contribution < 1.29 is 29.3 Å². The van der Waals surface area contributed by atoms with Gasteiger partial charge in [-0.15, -0.1) is 0 Å². The van der Waals surface area contributed by atoms with Gasteiger partial charge in [-0.1, -0.05) is 26.3 Å². The van der Waals surface area contributed by atoms with Gasteiger partial charge in [0, 0.05) is 23.9 Å². The van der Waals surface area contributed by atoms with Gasteiger partial charge in [-0.25, -0.2) is 0 Å². The summed E-state index contributed by atoms with van der Waals surface area (Å²) in [6.45, 7) is 8.15. The second-order valence-electron chi connectivity index (χ2n) is 12.3. The molecule has 3 saturated carbocycles. The molecule has 190 valence electrons. The van der Waals surface area contributed by atoms with Crippen LogP contribution in [0.4, 0.5) is 0 Å². The number of hydrogen-bond donors (Lipinski definition) is 2. The molecule has 0 spiro atoms. The zero-order chi connectivity index (χ0) is 24.2. The molecule has 34 heavy (non-hydrogen) atoms. The van der Waals surface area contributed by atoms with Crippen LogP contribution < -0.4 is 0 Å². The first kappa shape index (κ1) is 24.5. The molecule has 6 nitrogen and oxygen atoms in total. The molecule has 2 N–H and O–H groups in total. The zero-order valence-corrected chi connectivity index (χ0v) is 20.9. The maximum absolute atomic E-state index is 13.7. The summed E-state index contributed by atoms with van der Waals surface area (Å²) in [5.74, 6) is -0.476.